The maximum atomic E-state index is 13.9. The number of hydrogen-bond acceptors (Lipinski definition) is 4. The summed E-state index contributed by atoms with van der Waals surface area (Å²) in [6, 6.07) is 10.3. The Morgan fingerprint density at radius 1 is 1.27 bits per heavy atom. The van der Waals surface area contributed by atoms with Gasteiger partial charge in [0.15, 0.2) is 11.9 Å². The second kappa shape index (κ2) is 7.15. The number of halogens is 2. The summed E-state index contributed by atoms with van der Waals surface area (Å²) in [6.07, 6.45) is 5.90. The van der Waals surface area contributed by atoms with E-state index in [1.807, 2.05) is 18.6 Å². The standard InChI is InChI=1S/C26H24ClFN2O3/c1-15-2-3-16(6-19(15)28)20-10-30(14-29-20)26-11-25(12-26,13-26)9-22(32)24-8-21(31)18-7-17(27)4-5-23(18)33-24/h2-7,10,14,21,24,31H,8-9,11-13H2,1H3/t21-,24-,25?,26?/m1/s1. The van der Waals surface area contributed by atoms with Crippen LogP contribution in [0.5, 0.6) is 5.75 Å². The number of aliphatic hydroxyl groups is 1. The number of hydrogen-bond donors (Lipinski definition) is 1. The van der Waals surface area contributed by atoms with Gasteiger partial charge in [0.2, 0.25) is 0 Å². The van der Waals surface area contributed by atoms with Gasteiger partial charge in [-0.25, -0.2) is 9.37 Å². The van der Waals surface area contributed by atoms with E-state index in [9.17, 15) is 14.3 Å². The van der Waals surface area contributed by atoms with Gasteiger partial charge in [0.05, 0.1) is 18.1 Å². The summed E-state index contributed by atoms with van der Waals surface area (Å²) in [5, 5.41) is 11.0. The van der Waals surface area contributed by atoms with Crippen molar-refractivity contribution in [3.63, 3.8) is 0 Å². The van der Waals surface area contributed by atoms with Crippen LogP contribution in [0.2, 0.25) is 5.02 Å². The van der Waals surface area contributed by atoms with E-state index in [0.717, 1.165) is 30.5 Å². The third-order valence-electron chi connectivity index (χ3n) is 7.66. The monoisotopic (exact) mass is 466 g/mol. The summed E-state index contributed by atoms with van der Waals surface area (Å²) in [5.41, 5.74) is 2.79. The van der Waals surface area contributed by atoms with Crippen LogP contribution in [0.1, 0.15) is 49.3 Å². The molecular formula is C26H24ClFN2O3. The van der Waals surface area contributed by atoms with Crippen LogP contribution in [-0.4, -0.2) is 26.5 Å². The van der Waals surface area contributed by atoms with Crippen molar-refractivity contribution < 1.29 is 19.0 Å². The Morgan fingerprint density at radius 3 is 2.82 bits per heavy atom. The Hall–Kier alpha value is -2.70. The fraction of sp³-hybridized carbons (Fsp3) is 0.385. The number of benzene rings is 2. The number of nitrogens with zero attached hydrogens (tertiary/aromatic N) is 2. The Labute approximate surface area is 196 Å². The second-order valence-electron chi connectivity index (χ2n) is 10.1. The van der Waals surface area contributed by atoms with Crippen LogP contribution in [0.15, 0.2) is 48.9 Å². The molecule has 2 bridgehead atoms. The number of rotatable bonds is 5. The van der Waals surface area contributed by atoms with Gasteiger partial charge in [-0.3, -0.25) is 4.79 Å². The van der Waals surface area contributed by atoms with Crippen molar-refractivity contribution in [2.75, 3.05) is 0 Å². The zero-order valence-electron chi connectivity index (χ0n) is 18.2. The number of Topliss-reactive ketones (excluding diaryl/α,β-unsaturated/α-hetero) is 1. The van der Waals surface area contributed by atoms with Crippen LogP contribution in [0.4, 0.5) is 4.39 Å². The molecule has 3 aromatic rings. The molecule has 2 aromatic carbocycles. The summed E-state index contributed by atoms with van der Waals surface area (Å²) in [7, 11) is 0. The first-order valence-electron chi connectivity index (χ1n) is 11.2. The minimum Gasteiger partial charge on any atom is -0.482 e. The van der Waals surface area contributed by atoms with Crippen LogP contribution in [0.3, 0.4) is 0 Å². The zero-order valence-corrected chi connectivity index (χ0v) is 19.0. The molecule has 3 aliphatic carbocycles. The maximum Gasteiger partial charge on any atom is 0.173 e. The molecule has 2 heterocycles. The zero-order chi connectivity index (χ0) is 23.0. The molecule has 5 nitrogen and oxygen atoms in total. The Kier molecular flexibility index (Phi) is 4.52. The van der Waals surface area contributed by atoms with Gasteiger partial charge in [-0.2, -0.15) is 0 Å². The molecular weight excluding hydrogens is 443 g/mol. The Morgan fingerprint density at radius 2 is 2.06 bits per heavy atom. The van der Waals surface area contributed by atoms with Crippen molar-refractivity contribution in [1.82, 2.24) is 9.55 Å². The van der Waals surface area contributed by atoms with Crippen LogP contribution in [0.25, 0.3) is 11.3 Å². The van der Waals surface area contributed by atoms with Crippen molar-refractivity contribution in [3.8, 4) is 17.0 Å². The van der Waals surface area contributed by atoms with Crippen molar-refractivity contribution in [2.24, 2.45) is 5.41 Å². The van der Waals surface area contributed by atoms with Crippen LogP contribution < -0.4 is 4.74 Å². The molecule has 7 rings (SSSR count). The fourth-order valence-corrected chi connectivity index (χ4v) is 6.16. The summed E-state index contributed by atoms with van der Waals surface area (Å²) in [6.45, 7) is 1.74. The summed E-state index contributed by atoms with van der Waals surface area (Å²) >= 11 is 6.02. The van der Waals surface area contributed by atoms with Gasteiger partial charge >= 0.3 is 0 Å². The molecule has 1 aliphatic heterocycles. The van der Waals surface area contributed by atoms with E-state index in [-0.39, 0.29) is 29.0 Å². The van der Waals surface area contributed by atoms with Gasteiger partial charge in [-0.15, -0.1) is 0 Å². The summed E-state index contributed by atoms with van der Waals surface area (Å²) in [4.78, 5) is 17.5. The van der Waals surface area contributed by atoms with Crippen molar-refractivity contribution >= 4 is 17.4 Å². The molecule has 0 radical (unpaired) electrons. The minimum atomic E-state index is -0.753. The Bertz CT molecular complexity index is 1270. The maximum absolute atomic E-state index is 13.9. The fourth-order valence-electron chi connectivity index (χ4n) is 5.98. The first-order valence-corrected chi connectivity index (χ1v) is 11.6. The smallest absolute Gasteiger partial charge is 0.173 e. The quantitative estimate of drug-likeness (QED) is 0.548. The third kappa shape index (κ3) is 3.30. The van der Waals surface area contributed by atoms with E-state index in [1.54, 1.807) is 31.2 Å². The number of ketones is 1. The molecule has 3 saturated carbocycles. The number of aromatic nitrogens is 2. The first-order chi connectivity index (χ1) is 15.8. The molecule has 0 unspecified atom stereocenters. The SMILES string of the molecule is Cc1ccc(-c2cn(C34CC(CC(=O)[C@H]5C[C@@H](O)c6cc(Cl)ccc6O5)(C3)C4)cn2)cc1F. The van der Waals surface area contributed by atoms with Crippen LogP contribution in [-0.2, 0) is 10.3 Å². The van der Waals surface area contributed by atoms with Crippen LogP contribution in [0, 0.1) is 18.2 Å². The van der Waals surface area contributed by atoms with Crippen molar-refractivity contribution in [3.05, 3.63) is 70.9 Å². The highest BCUT2D eigenvalue weighted by atomic mass is 35.5. The van der Waals surface area contributed by atoms with Gasteiger partial charge in [0, 0.05) is 40.7 Å². The number of aliphatic hydroxyl groups excluding tert-OH is 1. The third-order valence-corrected chi connectivity index (χ3v) is 7.89. The molecule has 33 heavy (non-hydrogen) atoms. The lowest BCUT2D eigenvalue weighted by Gasteiger charge is -2.71. The van der Waals surface area contributed by atoms with E-state index in [1.165, 1.54) is 6.07 Å². The first kappa shape index (κ1) is 20.9. The normalized spacial score (nSPS) is 29.5. The summed E-state index contributed by atoms with van der Waals surface area (Å²) < 4.78 is 22.0. The highest BCUT2D eigenvalue weighted by Crippen LogP contribution is 2.73. The number of imidazole rings is 1. The molecule has 4 aliphatic rings. The minimum absolute atomic E-state index is 0.00502. The second-order valence-corrected chi connectivity index (χ2v) is 10.5. The van der Waals surface area contributed by atoms with Crippen molar-refractivity contribution in [2.45, 2.75) is 56.8 Å². The highest BCUT2D eigenvalue weighted by molar-refractivity contribution is 6.30. The van der Waals surface area contributed by atoms with E-state index in [2.05, 4.69) is 9.55 Å². The number of carbonyl (C=O) groups is 1. The van der Waals surface area contributed by atoms with E-state index in [4.69, 9.17) is 16.3 Å². The lowest BCUT2D eigenvalue weighted by molar-refractivity contribution is -0.195. The predicted octanol–water partition coefficient (Wildman–Crippen LogP) is 5.37. The molecule has 7 heteroatoms. The lowest BCUT2D eigenvalue weighted by Crippen LogP contribution is -2.68. The average molecular weight is 467 g/mol. The average Bonchev–Trinajstić information content (AvgIpc) is 3.21. The molecule has 0 spiro atoms. The number of carbonyl (C=O) groups excluding carboxylic acids is 1. The van der Waals surface area contributed by atoms with Gasteiger partial charge in [0.25, 0.3) is 0 Å². The van der Waals surface area contributed by atoms with Crippen molar-refractivity contribution in [1.29, 1.82) is 0 Å². The van der Waals surface area contributed by atoms with E-state index in [0.29, 0.717) is 28.3 Å². The lowest BCUT2D eigenvalue weighted by atomic mass is 9.38. The molecule has 0 saturated heterocycles. The highest BCUT2D eigenvalue weighted by Gasteiger charge is 2.69. The predicted molar refractivity (Wildman–Crippen MR) is 122 cm³/mol. The molecule has 170 valence electrons. The van der Waals surface area contributed by atoms with Gasteiger partial charge in [-0.05, 0) is 61.4 Å². The molecule has 0 amide bonds. The molecule has 1 N–H and O–H groups in total. The topological polar surface area (TPSA) is 64.4 Å². The van der Waals surface area contributed by atoms with E-state index < -0.39 is 12.2 Å². The summed E-state index contributed by atoms with van der Waals surface area (Å²) in [5.74, 6) is 0.347. The molecule has 2 atom stereocenters. The van der Waals surface area contributed by atoms with Crippen LogP contribution >= 0.6 is 11.6 Å². The number of ether oxygens (including phenoxy) is 1. The van der Waals surface area contributed by atoms with Gasteiger partial charge in [0.1, 0.15) is 11.6 Å². The van der Waals surface area contributed by atoms with Gasteiger partial charge in [-0.1, -0.05) is 23.7 Å². The van der Waals surface area contributed by atoms with Gasteiger partial charge < -0.3 is 14.4 Å². The molecule has 1 aromatic heterocycles. The Balaban J connectivity index is 1.11. The van der Waals surface area contributed by atoms with E-state index >= 15 is 0 Å². The number of fused-ring (bicyclic) bond motifs is 1. The molecule has 3 fully saturated rings. The number of aryl methyl sites for hydroxylation is 1. The largest absolute Gasteiger partial charge is 0.482 e.